The molecular formula is C16H19N3O. The number of aromatic nitrogens is 1. The van der Waals surface area contributed by atoms with Crippen LogP contribution in [0.3, 0.4) is 0 Å². The smallest absolute Gasteiger partial charge is 0.252 e. The number of pyridine rings is 1. The molecule has 0 unspecified atom stereocenters. The first-order valence-electron chi connectivity index (χ1n) is 7.01. The summed E-state index contributed by atoms with van der Waals surface area (Å²) >= 11 is 0. The van der Waals surface area contributed by atoms with Crippen LogP contribution in [0, 0.1) is 6.92 Å². The maximum Gasteiger partial charge on any atom is 0.252 e. The van der Waals surface area contributed by atoms with Gasteiger partial charge >= 0.3 is 0 Å². The van der Waals surface area contributed by atoms with E-state index >= 15 is 0 Å². The Kier molecular flexibility index (Phi) is 3.18. The number of carbonyl (C=O) groups excluding carboxylic acids is 1. The van der Waals surface area contributed by atoms with Gasteiger partial charge in [0.2, 0.25) is 0 Å². The van der Waals surface area contributed by atoms with E-state index in [0.29, 0.717) is 12.1 Å². The number of benzene rings is 1. The van der Waals surface area contributed by atoms with Gasteiger partial charge in [-0.3, -0.25) is 9.78 Å². The first-order chi connectivity index (χ1) is 9.57. The quantitative estimate of drug-likeness (QED) is 0.897. The largest absolute Gasteiger partial charge is 0.350 e. The van der Waals surface area contributed by atoms with Gasteiger partial charge in [0.25, 0.3) is 5.91 Å². The molecule has 0 bridgehead atoms. The van der Waals surface area contributed by atoms with Crippen molar-refractivity contribution in [2.75, 3.05) is 6.54 Å². The number of carbonyl (C=O) groups is 1. The van der Waals surface area contributed by atoms with Crippen LogP contribution < -0.4 is 11.1 Å². The fourth-order valence-electron chi connectivity index (χ4n) is 2.65. The fourth-order valence-corrected chi connectivity index (χ4v) is 2.65. The molecule has 4 nitrogen and oxygen atoms in total. The minimum absolute atomic E-state index is 0.0663. The topological polar surface area (TPSA) is 68.0 Å². The Morgan fingerprint density at radius 3 is 2.85 bits per heavy atom. The monoisotopic (exact) mass is 269 g/mol. The molecule has 0 radical (unpaired) electrons. The Balaban J connectivity index is 1.87. The number of amides is 1. The molecule has 0 spiro atoms. The highest BCUT2D eigenvalue weighted by molar-refractivity contribution is 6.06. The lowest BCUT2D eigenvalue weighted by molar-refractivity contribution is 0.0931. The van der Waals surface area contributed by atoms with Crippen LogP contribution in [0.25, 0.3) is 10.9 Å². The van der Waals surface area contributed by atoms with E-state index < -0.39 is 0 Å². The summed E-state index contributed by atoms with van der Waals surface area (Å²) in [5.41, 5.74) is 8.32. The summed E-state index contributed by atoms with van der Waals surface area (Å²) in [5.74, 6) is -0.0663. The highest BCUT2D eigenvalue weighted by Crippen LogP contribution is 2.28. The Morgan fingerprint density at radius 1 is 1.40 bits per heavy atom. The summed E-state index contributed by atoms with van der Waals surface area (Å²) in [4.78, 5) is 16.9. The summed E-state index contributed by atoms with van der Waals surface area (Å²) in [7, 11) is 0. The van der Waals surface area contributed by atoms with E-state index in [2.05, 4.69) is 10.3 Å². The zero-order chi connectivity index (χ0) is 14.2. The van der Waals surface area contributed by atoms with Gasteiger partial charge in [-0.1, -0.05) is 18.2 Å². The number of rotatable bonds is 3. The zero-order valence-corrected chi connectivity index (χ0v) is 11.6. The molecule has 1 heterocycles. The lowest BCUT2D eigenvalue weighted by Gasteiger charge is -2.38. The molecule has 1 aromatic carbocycles. The molecule has 1 fully saturated rings. The van der Waals surface area contributed by atoms with Crippen LogP contribution in [0.15, 0.2) is 30.3 Å². The first kappa shape index (κ1) is 13.1. The van der Waals surface area contributed by atoms with Crippen LogP contribution in [-0.2, 0) is 0 Å². The molecule has 3 rings (SSSR count). The molecule has 1 amide bonds. The van der Waals surface area contributed by atoms with Crippen LogP contribution in [0.2, 0.25) is 0 Å². The maximum atomic E-state index is 12.4. The van der Waals surface area contributed by atoms with E-state index in [1.807, 2.05) is 37.3 Å². The van der Waals surface area contributed by atoms with E-state index in [0.717, 1.165) is 35.9 Å². The number of nitrogens with two attached hydrogens (primary N) is 1. The SMILES string of the molecule is Cc1cc(C(=O)NCC2(N)CCC2)c2ccccc2n1. The Hall–Kier alpha value is -1.94. The van der Waals surface area contributed by atoms with Crippen molar-refractivity contribution < 1.29 is 4.79 Å². The second-order valence-electron chi connectivity index (χ2n) is 5.73. The van der Waals surface area contributed by atoms with Crippen LogP contribution in [0.1, 0.15) is 35.3 Å². The minimum Gasteiger partial charge on any atom is -0.350 e. The zero-order valence-electron chi connectivity index (χ0n) is 11.6. The molecule has 2 aromatic rings. The molecule has 20 heavy (non-hydrogen) atoms. The summed E-state index contributed by atoms with van der Waals surface area (Å²) in [5, 5.41) is 3.85. The Morgan fingerprint density at radius 2 is 2.15 bits per heavy atom. The van der Waals surface area contributed by atoms with E-state index in [-0.39, 0.29) is 11.4 Å². The highest BCUT2D eigenvalue weighted by atomic mass is 16.1. The van der Waals surface area contributed by atoms with Gasteiger partial charge in [-0.2, -0.15) is 0 Å². The van der Waals surface area contributed by atoms with Crippen molar-refractivity contribution in [1.82, 2.24) is 10.3 Å². The molecule has 4 heteroatoms. The Bertz CT molecular complexity index is 662. The van der Waals surface area contributed by atoms with Gasteiger partial charge in [-0.25, -0.2) is 0 Å². The molecule has 1 aliphatic carbocycles. The number of fused-ring (bicyclic) bond motifs is 1. The number of hydrogen-bond acceptors (Lipinski definition) is 3. The molecular weight excluding hydrogens is 250 g/mol. The summed E-state index contributed by atoms with van der Waals surface area (Å²) in [6.45, 7) is 2.45. The molecule has 1 aliphatic rings. The molecule has 1 saturated carbocycles. The van der Waals surface area contributed by atoms with E-state index in [1.165, 1.54) is 0 Å². The maximum absolute atomic E-state index is 12.4. The van der Waals surface area contributed by atoms with Crippen LogP contribution in [-0.4, -0.2) is 23.0 Å². The third-order valence-corrected chi connectivity index (χ3v) is 4.04. The van der Waals surface area contributed by atoms with E-state index in [1.54, 1.807) is 0 Å². The van der Waals surface area contributed by atoms with Crippen LogP contribution in [0.5, 0.6) is 0 Å². The van der Waals surface area contributed by atoms with Crippen molar-refractivity contribution in [2.24, 2.45) is 5.73 Å². The third-order valence-electron chi connectivity index (χ3n) is 4.04. The molecule has 0 atom stereocenters. The minimum atomic E-state index is -0.201. The molecule has 3 N–H and O–H groups in total. The van der Waals surface area contributed by atoms with Crippen molar-refractivity contribution in [1.29, 1.82) is 0 Å². The van der Waals surface area contributed by atoms with Crippen molar-refractivity contribution in [3.05, 3.63) is 41.6 Å². The second kappa shape index (κ2) is 4.87. The first-order valence-corrected chi connectivity index (χ1v) is 7.01. The van der Waals surface area contributed by atoms with E-state index in [4.69, 9.17) is 5.73 Å². The molecule has 0 aliphatic heterocycles. The predicted octanol–water partition coefficient (Wildman–Crippen LogP) is 2.15. The van der Waals surface area contributed by atoms with Gasteiger partial charge in [0.15, 0.2) is 0 Å². The Labute approximate surface area is 118 Å². The normalized spacial score (nSPS) is 16.7. The highest BCUT2D eigenvalue weighted by Gasteiger charge is 2.32. The van der Waals surface area contributed by atoms with E-state index in [9.17, 15) is 4.79 Å². The average Bonchev–Trinajstić information content (AvgIpc) is 2.41. The predicted molar refractivity (Wildman–Crippen MR) is 79.6 cm³/mol. The van der Waals surface area contributed by atoms with Gasteiger partial charge in [0, 0.05) is 23.2 Å². The number of aryl methyl sites for hydroxylation is 1. The fraction of sp³-hybridized carbons (Fsp3) is 0.375. The van der Waals surface area contributed by atoms with Crippen molar-refractivity contribution in [3.8, 4) is 0 Å². The average molecular weight is 269 g/mol. The number of para-hydroxylation sites is 1. The second-order valence-corrected chi connectivity index (χ2v) is 5.73. The number of nitrogens with one attached hydrogen (secondary N) is 1. The lowest BCUT2D eigenvalue weighted by Crippen LogP contribution is -2.54. The third kappa shape index (κ3) is 2.39. The van der Waals surface area contributed by atoms with Gasteiger partial charge in [-0.05, 0) is 38.3 Å². The lowest BCUT2D eigenvalue weighted by atomic mass is 9.78. The van der Waals surface area contributed by atoms with Crippen molar-refractivity contribution in [3.63, 3.8) is 0 Å². The number of nitrogens with zero attached hydrogens (tertiary/aromatic N) is 1. The van der Waals surface area contributed by atoms with Crippen molar-refractivity contribution >= 4 is 16.8 Å². The molecule has 1 aromatic heterocycles. The molecule has 0 saturated heterocycles. The van der Waals surface area contributed by atoms with Crippen molar-refractivity contribution in [2.45, 2.75) is 31.7 Å². The van der Waals surface area contributed by atoms with Gasteiger partial charge in [0.1, 0.15) is 0 Å². The standard InChI is InChI=1S/C16H19N3O/c1-11-9-13(12-5-2-3-6-14(12)19-11)15(20)18-10-16(17)7-4-8-16/h2-3,5-6,9H,4,7-8,10,17H2,1H3,(H,18,20). The summed E-state index contributed by atoms with van der Waals surface area (Å²) < 4.78 is 0. The van der Waals surface area contributed by atoms with Gasteiger partial charge in [0.05, 0.1) is 11.1 Å². The molecule has 104 valence electrons. The van der Waals surface area contributed by atoms with Crippen LogP contribution >= 0.6 is 0 Å². The van der Waals surface area contributed by atoms with Gasteiger partial charge in [-0.15, -0.1) is 0 Å². The summed E-state index contributed by atoms with van der Waals surface area (Å²) in [6.07, 6.45) is 3.14. The van der Waals surface area contributed by atoms with Gasteiger partial charge < -0.3 is 11.1 Å². The number of hydrogen-bond donors (Lipinski definition) is 2. The van der Waals surface area contributed by atoms with Crippen LogP contribution in [0.4, 0.5) is 0 Å². The summed E-state index contributed by atoms with van der Waals surface area (Å²) in [6, 6.07) is 9.54.